The lowest BCUT2D eigenvalue weighted by molar-refractivity contribution is -0.116. The zero-order valence-corrected chi connectivity index (χ0v) is 18.0. The van der Waals surface area contributed by atoms with Crippen LogP contribution in [-0.4, -0.2) is 51.7 Å². The van der Waals surface area contributed by atoms with E-state index < -0.39 is 0 Å². The topological polar surface area (TPSA) is 114 Å². The minimum absolute atomic E-state index is 0.101. The van der Waals surface area contributed by atoms with Crippen molar-refractivity contribution >= 4 is 29.0 Å². The maximum Gasteiger partial charge on any atom is 0.253 e. The van der Waals surface area contributed by atoms with Crippen LogP contribution < -0.4 is 21.1 Å². The van der Waals surface area contributed by atoms with Gasteiger partial charge in [0.25, 0.3) is 5.56 Å². The number of ether oxygens (including phenoxy) is 1. The van der Waals surface area contributed by atoms with Crippen LogP contribution in [-0.2, 0) is 16.1 Å². The van der Waals surface area contributed by atoms with E-state index in [9.17, 15) is 9.59 Å². The fourth-order valence-corrected chi connectivity index (χ4v) is 3.30. The number of morpholine rings is 1. The molecule has 166 valence electrons. The molecule has 1 aromatic carbocycles. The van der Waals surface area contributed by atoms with Crippen LogP contribution in [0.25, 0.3) is 0 Å². The summed E-state index contributed by atoms with van der Waals surface area (Å²) in [5.41, 5.74) is 2.68. The smallest absolute Gasteiger partial charge is 0.253 e. The summed E-state index contributed by atoms with van der Waals surface area (Å²) in [4.78, 5) is 39.5. The van der Waals surface area contributed by atoms with Crippen LogP contribution in [0.15, 0.2) is 47.5 Å². The fourth-order valence-electron chi connectivity index (χ4n) is 3.30. The Bertz CT molecular complexity index is 1150. The number of aryl methyl sites for hydroxylation is 2. The Morgan fingerprint density at radius 3 is 2.47 bits per heavy atom. The van der Waals surface area contributed by atoms with Crippen molar-refractivity contribution in [1.29, 1.82) is 0 Å². The highest BCUT2D eigenvalue weighted by Gasteiger charge is 2.15. The lowest BCUT2D eigenvalue weighted by atomic mass is 10.2. The van der Waals surface area contributed by atoms with Crippen molar-refractivity contribution in [2.75, 3.05) is 41.8 Å². The van der Waals surface area contributed by atoms with Crippen molar-refractivity contribution in [3.8, 4) is 0 Å². The van der Waals surface area contributed by atoms with Crippen LogP contribution in [0.1, 0.15) is 11.4 Å². The van der Waals surface area contributed by atoms with Gasteiger partial charge in [0.1, 0.15) is 12.4 Å². The molecular weight excluding hydrogens is 410 g/mol. The maximum absolute atomic E-state index is 12.3. The Hall–Kier alpha value is -3.79. The summed E-state index contributed by atoms with van der Waals surface area (Å²) in [6.45, 7) is 6.43. The number of nitrogens with one attached hydrogen (secondary N) is 2. The van der Waals surface area contributed by atoms with E-state index in [0.717, 1.165) is 24.5 Å². The molecule has 0 saturated carbocycles. The van der Waals surface area contributed by atoms with Crippen LogP contribution in [0.4, 0.5) is 23.1 Å². The molecule has 0 radical (unpaired) electrons. The lowest BCUT2D eigenvalue weighted by Gasteiger charge is -2.27. The highest BCUT2D eigenvalue weighted by molar-refractivity contribution is 5.90. The van der Waals surface area contributed by atoms with E-state index in [0.29, 0.717) is 36.4 Å². The van der Waals surface area contributed by atoms with Crippen molar-refractivity contribution in [1.82, 2.24) is 19.5 Å². The highest BCUT2D eigenvalue weighted by Crippen LogP contribution is 2.21. The number of anilines is 4. The first-order chi connectivity index (χ1) is 15.5. The van der Waals surface area contributed by atoms with Gasteiger partial charge in [-0.25, -0.2) is 9.97 Å². The third-order valence-corrected chi connectivity index (χ3v) is 4.91. The van der Waals surface area contributed by atoms with E-state index in [1.807, 2.05) is 25.1 Å². The molecule has 3 aromatic rings. The normalized spacial score (nSPS) is 13.6. The molecule has 0 aliphatic carbocycles. The largest absolute Gasteiger partial charge is 0.378 e. The minimum atomic E-state index is -0.306. The molecule has 0 bridgehead atoms. The third-order valence-electron chi connectivity index (χ3n) is 4.91. The van der Waals surface area contributed by atoms with Crippen LogP contribution in [0.3, 0.4) is 0 Å². The molecule has 10 nitrogen and oxygen atoms in total. The van der Waals surface area contributed by atoms with E-state index in [2.05, 4.69) is 30.5 Å². The summed E-state index contributed by atoms with van der Waals surface area (Å²) in [6, 6.07) is 10.5. The molecule has 10 heteroatoms. The Morgan fingerprint density at radius 1 is 1.03 bits per heavy atom. The van der Waals surface area contributed by atoms with E-state index >= 15 is 0 Å². The molecule has 1 aliphatic heterocycles. The average Bonchev–Trinajstić information content (AvgIpc) is 2.77. The molecule has 4 rings (SSSR count). The predicted octanol–water partition coefficient (Wildman–Crippen LogP) is 1.87. The molecule has 3 heterocycles. The van der Waals surface area contributed by atoms with E-state index in [-0.39, 0.29) is 18.0 Å². The second-order valence-electron chi connectivity index (χ2n) is 7.54. The molecule has 2 N–H and O–H groups in total. The molecule has 2 aromatic heterocycles. The van der Waals surface area contributed by atoms with Crippen LogP contribution in [0.2, 0.25) is 0 Å². The number of nitrogens with zero attached hydrogens (tertiary/aromatic N) is 5. The van der Waals surface area contributed by atoms with Gasteiger partial charge in [0.05, 0.1) is 19.5 Å². The standard InChI is InChI=1S/C22H25N7O3/c1-15-12-21(31)29(14-23-15)13-20(30)26-18-5-3-17(4-6-18)25-19-11-16(2)24-22(27-19)28-7-9-32-10-8-28/h3-6,11-12,14H,7-10,13H2,1-2H3,(H,26,30)(H,24,25,27). The molecule has 0 spiro atoms. The van der Waals surface area contributed by atoms with Crippen LogP contribution in [0.5, 0.6) is 0 Å². The summed E-state index contributed by atoms with van der Waals surface area (Å²) in [6.07, 6.45) is 1.37. The quantitative estimate of drug-likeness (QED) is 0.603. The van der Waals surface area contributed by atoms with Crippen LogP contribution >= 0.6 is 0 Å². The first kappa shape index (κ1) is 21.4. The summed E-state index contributed by atoms with van der Waals surface area (Å²) in [7, 11) is 0. The molecule has 1 fully saturated rings. The molecule has 0 atom stereocenters. The van der Waals surface area contributed by atoms with Gasteiger partial charge < -0.3 is 20.3 Å². The van der Waals surface area contributed by atoms with Gasteiger partial charge in [0.2, 0.25) is 11.9 Å². The summed E-state index contributed by atoms with van der Waals surface area (Å²) < 4.78 is 6.66. The Kier molecular flexibility index (Phi) is 6.41. The number of rotatable bonds is 6. The number of carbonyl (C=O) groups excluding carboxylic acids is 1. The molecule has 1 saturated heterocycles. The van der Waals surface area contributed by atoms with E-state index in [4.69, 9.17) is 4.74 Å². The second-order valence-corrected chi connectivity index (χ2v) is 7.54. The number of carbonyl (C=O) groups is 1. The van der Waals surface area contributed by atoms with Gasteiger partial charge in [0, 0.05) is 48.0 Å². The fraction of sp³-hybridized carbons (Fsp3) is 0.318. The van der Waals surface area contributed by atoms with Gasteiger partial charge in [-0.15, -0.1) is 0 Å². The Balaban J connectivity index is 1.39. The van der Waals surface area contributed by atoms with Gasteiger partial charge >= 0.3 is 0 Å². The highest BCUT2D eigenvalue weighted by atomic mass is 16.5. The summed E-state index contributed by atoms with van der Waals surface area (Å²) in [5.74, 6) is 1.07. The van der Waals surface area contributed by atoms with Gasteiger partial charge in [-0.2, -0.15) is 4.98 Å². The number of hydrogen-bond acceptors (Lipinski definition) is 8. The zero-order chi connectivity index (χ0) is 22.5. The first-order valence-corrected chi connectivity index (χ1v) is 10.3. The van der Waals surface area contributed by atoms with Gasteiger partial charge in [-0.05, 0) is 38.1 Å². The summed E-state index contributed by atoms with van der Waals surface area (Å²) >= 11 is 0. The van der Waals surface area contributed by atoms with Gasteiger partial charge in [-0.1, -0.05) is 0 Å². The maximum atomic E-state index is 12.3. The Morgan fingerprint density at radius 2 is 1.75 bits per heavy atom. The van der Waals surface area contributed by atoms with E-state index in [1.54, 1.807) is 19.1 Å². The molecule has 32 heavy (non-hydrogen) atoms. The summed E-state index contributed by atoms with van der Waals surface area (Å²) in [5, 5.41) is 6.07. The molecule has 0 unspecified atom stereocenters. The second kappa shape index (κ2) is 9.56. The van der Waals surface area contributed by atoms with Crippen molar-refractivity contribution in [3.63, 3.8) is 0 Å². The van der Waals surface area contributed by atoms with E-state index in [1.165, 1.54) is 17.0 Å². The predicted molar refractivity (Wildman–Crippen MR) is 121 cm³/mol. The number of benzene rings is 1. The van der Waals surface area contributed by atoms with Crippen molar-refractivity contribution in [2.24, 2.45) is 0 Å². The van der Waals surface area contributed by atoms with Crippen molar-refractivity contribution in [2.45, 2.75) is 20.4 Å². The zero-order valence-electron chi connectivity index (χ0n) is 18.0. The van der Waals surface area contributed by atoms with Crippen molar-refractivity contribution in [3.05, 3.63) is 64.5 Å². The minimum Gasteiger partial charge on any atom is -0.378 e. The first-order valence-electron chi connectivity index (χ1n) is 10.3. The SMILES string of the molecule is Cc1cc(=O)n(CC(=O)Nc2ccc(Nc3cc(C)nc(N4CCOCC4)n3)cc2)cn1. The van der Waals surface area contributed by atoms with Gasteiger partial charge in [0.15, 0.2) is 0 Å². The lowest BCUT2D eigenvalue weighted by Crippen LogP contribution is -2.37. The third kappa shape index (κ3) is 5.46. The average molecular weight is 435 g/mol. The van der Waals surface area contributed by atoms with Crippen molar-refractivity contribution < 1.29 is 9.53 Å². The van der Waals surface area contributed by atoms with Gasteiger partial charge in [-0.3, -0.25) is 14.2 Å². The Labute approximate surface area is 185 Å². The number of hydrogen-bond donors (Lipinski definition) is 2. The number of amides is 1. The van der Waals surface area contributed by atoms with Crippen LogP contribution in [0, 0.1) is 13.8 Å². The molecule has 1 amide bonds. The molecule has 1 aliphatic rings. The number of aromatic nitrogens is 4. The monoisotopic (exact) mass is 435 g/mol. The molecular formula is C22H25N7O3.